The normalized spacial score (nSPS) is 24.5. The number of nitrogens with zero attached hydrogens (tertiary/aromatic N) is 2. The number of nitrogens with one attached hydrogen (secondary N) is 2. The Balaban J connectivity index is 0.00000243. The van der Waals surface area contributed by atoms with Gasteiger partial charge in [-0.3, -0.25) is 9.89 Å². The van der Waals surface area contributed by atoms with Crippen LogP contribution in [0.5, 0.6) is 0 Å². The van der Waals surface area contributed by atoms with Gasteiger partial charge in [0, 0.05) is 25.7 Å². The van der Waals surface area contributed by atoms with Crippen LogP contribution in [0.15, 0.2) is 29.3 Å². The minimum Gasteiger partial charge on any atom is -0.379 e. The monoisotopic (exact) mass is 472 g/mol. The summed E-state index contributed by atoms with van der Waals surface area (Å²) in [5.74, 6) is 1.71. The third kappa shape index (κ3) is 6.09. The second-order valence-corrected chi connectivity index (χ2v) is 7.26. The number of aryl methyl sites for hydroxylation is 1. The van der Waals surface area contributed by atoms with E-state index >= 15 is 0 Å². The zero-order valence-electron chi connectivity index (χ0n) is 16.2. The highest BCUT2D eigenvalue weighted by Gasteiger charge is 2.33. The molecule has 0 amide bonds. The molecule has 1 saturated carbocycles. The first-order valence-electron chi connectivity index (χ1n) is 9.60. The Bertz CT molecular complexity index is 589. The number of ether oxygens (including phenoxy) is 1. The summed E-state index contributed by atoms with van der Waals surface area (Å²) in [7, 11) is 0. The van der Waals surface area contributed by atoms with Crippen LogP contribution in [0, 0.1) is 12.8 Å². The second-order valence-electron chi connectivity index (χ2n) is 7.26. The van der Waals surface area contributed by atoms with E-state index < -0.39 is 0 Å². The highest BCUT2D eigenvalue weighted by Crippen LogP contribution is 2.29. The van der Waals surface area contributed by atoms with E-state index in [-0.39, 0.29) is 24.0 Å². The van der Waals surface area contributed by atoms with Crippen molar-refractivity contribution < 1.29 is 4.74 Å². The zero-order valence-corrected chi connectivity index (χ0v) is 18.5. The first kappa shape index (κ1) is 21.4. The molecule has 1 aromatic rings. The van der Waals surface area contributed by atoms with Crippen LogP contribution in [-0.2, 0) is 4.74 Å². The van der Waals surface area contributed by atoms with E-state index in [1.807, 2.05) is 0 Å². The molecule has 5 nitrogen and oxygen atoms in total. The van der Waals surface area contributed by atoms with Crippen LogP contribution < -0.4 is 10.6 Å². The van der Waals surface area contributed by atoms with Crippen molar-refractivity contribution >= 4 is 29.9 Å². The lowest BCUT2D eigenvalue weighted by Gasteiger charge is -2.34. The predicted molar refractivity (Wildman–Crippen MR) is 118 cm³/mol. The molecule has 146 valence electrons. The summed E-state index contributed by atoms with van der Waals surface area (Å²) in [6.07, 6.45) is 1.25. The maximum absolute atomic E-state index is 5.54. The van der Waals surface area contributed by atoms with Crippen molar-refractivity contribution in [3.8, 4) is 0 Å². The van der Waals surface area contributed by atoms with E-state index in [2.05, 4.69) is 60.6 Å². The van der Waals surface area contributed by atoms with Crippen molar-refractivity contribution in [1.82, 2.24) is 15.5 Å². The maximum Gasteiger partial charge on any atom is 0.191 e. The molecule has 1 heterocycles. The Morgan fingerprint density at radius 1 is 1.35 bits per heavy atom. The van der Waals surface area contributed by atoms with Crippen molar-refractivity contribution in [1.29, 1.82) is 0 Å². The molecular weight excluding hydrogens is 439 g/mol. The summed E-state index contributed by atoms with van der Waals surface area (Å²) in [6, 6.07) is 9.71. The van der Waals surface area contributed by atoms with Gasteiger partial charge in [0.05, 0.1) is 25.8 Å². The van der Waals surface area contributed by atoms with Gasteiger partial charge in [0.25, 0.3) is 0 Å². The standard InChI is InChI=1S/C20H32N4O.HI/c1-4-21-20(23-18-13-16(18)3)22-14-19(24-8-10-25-11-9-24)17-7-5-6-15(2)12-17;/h5-7,12,16,18-19H,4,8-11,13-14H2,1-3H3,(H2,21,22,23);1H. The lowest BCUT2D eigenvalue weighted by Crippen LogP contribution is -2.42. The summed E-state index contributed by atoms with van der Waals surface area (Å²) < 4.78 is 5.54. The third-order valence-corrected chi connectivity index (χ3v) is 5.11. The average Bonchev–Trinajstić information content (AvgIpc) is 3.31. The summed E-state index contributed by atoms with van der Waals surface area (Å²) >= 11 is 0. The molecule has 0 radical (unpaired) electrons. The van der Waals surface area contributed by atoms with Crippen molar-refractivity contribution in [2.24, 2.45) is 10.9 Å². The van der Waals surface area contributed by atoms with Crippen molar-refractivity contribution in [2.75, 3.05) is 39.4 Å². The van der Waals surface area contributed by atoms with Crippen LogP contribution in [0.25, 0.3) is 0 Å². The minimum absolute atomic E-state index is 0. The second kappa shape index (κ2) is 10.5. The largest absolute Gasteiger partial charge is 0.379 e. The molecule has 2 aliphatic rings. The lowest BCUT2D eigenvalue weighted by atomic mass is 10.0. The Hall–Kier alpha value is -0.860. The van der Waals surface area contributed by atoms with E-state index in [1.165, 1.54) is 17.5 Å². The van der Waals surface area contributed by atoms with E-state index in [1.54, 1.807) is 0 Å². The van der Waals surface area contributed by atoms with E-state index in [4.69, 9.17) is 9.73 Å². The van der Waals surface area contributed by atoms with Gasteiger partial charge in [-0.05, 0) is 31.7 Å². The highest BCUT2D eigenvalue weighted by molar-refractivity contribution is 14.0. The number of hydrogen-bond donors (Lipinski definition) is 2. The van der Waals surface area contributed by atoms with E-state index in [0.29, 0.717) is 12.1 Å². The number of hydrogen-bond acceptors (Lipinski definition) is 3. The third-order valence-electron chi connectivity index (χ3n) is 5.11. The number of benzene rings is 1. The average molecular weight is 472 g/mol. The van der Waals surface area contributed by atoms with Gasteiger partial charge in [-0.15, -0.1) is 24.0 Å². The molecule has 2 N–H and O–H groups in total. The Morgan fingerprint density at radius 2 is 2.08 bits per heavy atom. The van der Waals surface area contributed by atoms with Crippen molar-refractivity contribution in [3.05, 3.63) is 35.4 Å². The Morgan fingerprint density at radius 3 is 2.69 bits per heavy atom. The quantitative estimate of drug-likeness (QED) is 0.380. The fraction of sp³-hybridized carbons (Fsp3) is 0.650. The summed E-state index contributed by atoms with van der Waals surface area (Å²) in [4.78, 5) is 7.43. The van der Waals surface area contributed by atoms with Gasteiger partial charge in [-0.25, -0.2) is 0 Å². The number of halogens is 1. The van der Waals surface area contributed by atoms with Gasteiger partial charge in [0.2, 0.25) is 0 Å². The van der Waals surface area contributed by atoms with Crippen molar-refractivity contribution in [2.45, 2.75) is 39.3 Å². The molecule has 3 unspecified atom stereocenters. The first-order chi connectivity index (χ1) is 12.2. The maximum atomic E-state index is 5.54. The molecule has 26 heavy (non-hydrogen) atoms. The van der Waals surface area contributed by atoms with E-state index in [9.17, 15) is 0 Å². The molecular formula is C20H33IN4O. The minimum atomic E-state index is 0. The molecule has 2 fully saturated rings. The van der Waals surface area contributed by atoms with Crippen LogP contribution in [0.2, 0.25) is 0 Å². The van der Waals surface area contributed by atoms with Crippen LogP contribution in [0.4, 0.5) is 0 Å². The summed E-state index contributed by atoms with van der Waals surface area (Å²) in [5.41, 5.74) is 2.65. The van der Waals surface area contributed by atoms with E-state index in [0.717, 1.165) is 51.3 Å². The van der Waals surface area contributed by atoms with Crippen LogP contribution in [-0.4, -0.2) is 56.3 Å². The summed E-state index contributed by atoms with van der Waals surface area (Å²) in [6.45, 7) is 11.8. The van der Waals surface area contributed by atoms with Crippen LogP contribution in [0.3, 0.4) is 0 Å². The predicted octanol–water partition coefficient (Wildman–Crippen LogP) is 2.95. The van der Waals surface area contributed by atoms with Crippen LogP contribution >= 0.6 is 24.0 Å². The fourth-order valence-corrected chi connectivity index (χ4v) is 3.39. The van der Waals surface area contributed by atoms with Gasteiger partial charge in [-0.2, -0.15) is 0 Å². The topological polar surface area (TPSA) is 48.9 Å². The Kier molecular flexibility index (Phi) is 8.63. The first-order valence-corrected chi connectivity index (χ1v) is 9.60. The highest BCUT2D eigenvalue weighted by atomic mass is 127. The smallest absolute Gasteiger partial charge is 0.191 e. The molecule has 1 saturated heterocycles. The van der Waals surface area contributed by atoms with Crippen molar-refractivity contribution in [3.63, 3.8) is 0 Å². The zero-order chi connectivity index (χ0) is 17.6. The number of guanidine groups is 1. The molecule has 1 aliphatic heterocycles. The molecule has 1 aliphatic carbocycles. The molecule has 1 aromatic carbocycles. The molecule has 0 aromatic heterocycles. The number of morpholine rings is 1. The molecule has 0 bridgehead atoms. The van der Waals surface area contributed by atoms with Gasteiger partial charge < -0.3 is 15.4 Å². The molecule has 0 spiro atoms. The SMILES string of the molecule is CCNC(=NCC(c1cccc(C)c1)N1CCOCC1)NC1CC1C.I. The molecule has 3 atom stereocenters. The lowest BCUT2D eigenvalue weighted by molar-refractivity contribution is 0.0179. The summed E-state index contributed by atoms with van der Waals surface area (Å²) in [5, 5.41) is 6.95. The van der Waals surface area contributed by atoms with Gasteiger partial charge in [0.1, 0.15) is 0 Å². The van der Waals surface area contributed by atoms with Crippen LogP contribution in [0.1, 0.15) is 37.4 Å². The molecule has 6 heteroatoms. The van der Waals surface area contributed by atoms with Gasteiger partial charge in [0.15, 0.2) is 5.96 Å². The molecule has 3 rings (SSSR count). The Labute approximate surface area is 175 Å². The number of aliphatic imine (C=N–C) groups is 1. The van der Waals surface area contributed by atoms with Gasteiger partial charge in [-0.1, -0.05) is 36.8 Å². The fourth-order valence-electron chi connectivity index (χ4n) is 3.39. The van der Waals surface area contributed by atoms with Gasteiger partial charge >= 0.3 is 0 Å². The number of rotatable bonds is 6.